The lowest BCUT2D eigenvalue weighted by atomic mass is 9.85. The first-order valence-corrected chi connectivity index (χ1v) is 10.3. The highest BCUT2D eigenvalue weighted by molar-refractivity contribution is 9.10. The van der Waals surface area contributed by atoms with E-state index in [1.54, 1.807) is 10.6 Å². The number of hydrogen-bond donors (Lipinski definition) is 2. The molecule has 0 bridgehead atoms. The lowest BCUT2D eigenvalue weighted by molar-refractivity contribution is -0.121. The van der Waals surface area contributed by atoms with Crippen molar-refractivity contribution < 1.29 is 13.9 Å². The van der Waals surface area contributed by atoms with Gasteiger partial charge in [-0.3, -0.25) is 9.36 Å². The zero-order valence-electron chi connectivity index (χ0n) is 15.9. The molecule has 6 nitrogen and oxygen atoms in total. The Labute approximate surface area is 175 Å². The highest BCUT2D eigenvalue weighted by atomic mass is 79.9. The van der Waals surface area contributed by atoms with Crippen LogP contribution in [0.1, 0.15) is 31.7 Å². The smallest absolute Gasteiger partial charge is 0.326 e. The summed E-state index contributed by atoms with van der Waals surface area (Å²) in [6.07, 6.45) is 2.70. The van der Waals surface area contributed by atoms with Crippen LogP contribution in [-0.2, 0) is 4.79 Å². The Bertz CT molecular complexity index is 1120. The van der Waals surface area contributed by atoms with E-state index in [-0.39, 0.29) is 29.2 Å². The highest BCUT2D eigenvalue weighted by Crippen LogP contribution is 2.35. The number of anilines is 1. The number of aromatic amines is 1. The van der Waals surface area contributed by atoms with Crippen LogP contribution in [-0.4, -0.2) is 22.6 Å². The topological polar surface area (TPSA) is 76.1 Å². The molecule has 2 aromatic carbocycles. The average molecular weight is 462 g/mol. The number of halogens is 2. The number of nitrogens with one attached hydrogen (secondary N) is 2. The molecule has 29 heavy (non-hydrogen) atoms. The Morgan fingerprint density at radius 2 is 2.00 bits per heavy atom. The average Bonchev–Trinajstić information content (AvgIpc) is 3.07. The van der Waals surface area contributed by atoms with Crippen molar-refractivity contribution in [2.24, 2.45) is 5.92 Å². The van der Waals surface area contributed by atoms with Gasteiger partial charge in [-0.15, -0.1) is 0 Å². The molecule has 1 amide bonds. The summed E-state index contributed by atoms with van der Waals surface area (Å²) in [5.41, 5.74) is 1.65. The number of H-pyrrole nitrogens is 1. The Morgan fingerprint density at radius 3 is 2.69 bits per heavy atom. The number of hydrogen-bond acceptors (Lipinski definition) is 3. The summed E-state index contributed by atoms with van der Waals surface area (Å²) >= 11 is 3.47. The fraction of sp³-hybridized carbons (Fsp3) is 0.333. The van der Waals surface area contributed by atoms with Crippen molar-refractivity contribution in [2.75, 3.05) is 12.4 Å². The normalized spacial score (nSPS) is 19.3. The SMILES string of the molecule is COc1ccc(NC(=O)[C@H]2CC[C@@H](n3c(=O)[nH]c4c(Br)cccc43)CC2)c(F)c1. The molecule has 0 aliphatic heterocycles. The predicted molar refractivity (Wildman–Crippen MR) is 113 cm³/mol. The highest BCUT2D eigenvalue weighted by Gasteiger charge is 2.29. The van der Waals surface area contributed by atoms with Gasteiger partial charge in [0.15, 0.2) is 0 Å². The van der Waals surface area contributed by atoms with E-state index in [2.05, 4.69) is 26.2 Å². The van der Waals surface area contributed by atoms with Gasteiger partial charge in [-0.25, -0.2) is 9.18 Å². The molecule has 2 N–H and O–H groups in total. The molecule has 0 atom stereocenters. The summed E-state index contributed by atoms with van der Waals surface area (Å²) in [4.78, 5) is 28.0. The van der Waals surface area contributed by atoms with Gasteiger partial charge in [-0.05, 0) is 65.9 Å². The summed E-state index contributed by atoms with van der Waals surface area (Å²) in [6.45, 7) is 0. The molecule has 1 fully saturated rings. The summed E-state index contributed by atoms with van der Waals surface area (Å²) in [5, 5.41) is 2.68. The molecule has 0 spiro atoms. The largest absolute Gasteiger partial charge is 0.497 e. The number of rotatable bonds is 4. The van der Waals surface area contributed by atoms with Gasteiger partial charge in [0.25, 0.3) is 0 Å². The quantitative estimate of drug-likeness (QED) is 0.595. The Balaban J connectivity index is 1.45. The minimum atomic E-state index is -0.526. The van der Waals surface area contributed by atoms with Crippen molar-refractivity contribution in [3.8, 4) is 5.75 Å². The zero-order chi connectivity index (χ0) is 20.5. The number of methoxy groups -OCH3 is 1. The number of carbonyl (C=O) groups excluding carboxylic acids is 1. The molecular formula is C21H21BrFN3O3. The molecule has 0 unspecified atom stereocenters. The maximum Gasteiger partial charge on any atom is 0.326 e. The van der Waals surface area contributed by atoms with E-state index >= 15 is 0 Å². The van der Waals surface area contributed by atoms with Crippen LogP contribution in [0.5, 0.6) is 5.75 Å². The Hall–Kier alpha value is -2.61. The molecule has 1 saturated carbocycles. The second kappa shape index (κ2) is 8.02. The van der Waals surface area contributed by atoms with E-state index in [1.807, 2.05) is 18.2 Å². The number of ether oxygens (including phenoxy) is 1. The molecule has 4 rings (SSSR count). The van der Waals surface area contributed by atoms with Crippen molar-refractivity contribution >= 4 is 38.6 Å². The number of imidazole rings is 1. The van der Waals surface area contributed by atoms with Crippen molar-refractivity contribution in [2.45, 2.75) is 31.7 Å². The first-order valence-electron chi connectivity index (χ1n) is 9.51. The van der Waals surface area contributed by atoms with Gasteiger partial charge in [-0.1, -0.05) is 6.07 Å². The van der Waals surface area contributed by atoms with Gasteiger partial charge in [0, 0.05) is 22.5 Å². The first kappa shape index (κ1) is 19.7. The standard InChI is InChI=1S/C21H21BrFN3O3/c1-29-14-9-10-17(16(23)11-14)24-20(27)12-5-7-13(8-6-12)26-18-4-2-3-15(22)19(18)25-21(26)28/h2-4,9-13H,5-8H2,1H3,(H,24,27)(H,25,28)/t12-,13+. The van der Waals surface area contributed by atoms with Gasteiger partial charge in [0.2, 0.25) is 5.91 Å². The minimum absolute atomic E-state index is 0.0346. The van der Waals surface area contributed by atoms with E-state index in [0.717, 1.165) is 15.5 Å². The molecule has 1 heterocycles. The fourth-order valence-corrected chi connectivity index (χ4v) is 4.49. The fourth-order valence-electron chi connectivity index (χ4n) is 4.03. The maximum absolute atomic E-state index is 14.1. The van der Waals surface area contributed by atoms with E-state index in [9.17, 15) is 14.0 Å². The van der Waals surface area contributed by atoms with E-state index in [4.69, 9.17) is 4.74 Å². The molecular weight excluding hydrogens is 441 g/mol. The van der Waals surface area contributed by atoms with Crippen LogP contribution in [0.15, 0.2) is 45.7 Å². The number of fused-ring (bicyclic) bond motifs is 1. The van der Waals surface area contributed by atoms with Crippen LogP contribution in [0.25, 0.3) is 11.0 Å². The van der Waals surface area contributed by atoms with Crippen LogP contribution in [0.2, 0.25) is 0 Å². The van der Waals surface area contributed by atoms with Crippen molar-refractivity contribution in [3.05, 3.63) is 57.2 Å². The van der Waals surface area contributed by atoms with Crippen LogP contribution < -0.4 is 15.7 Å². The number of carbonyl (C=O) groups is 1. The number of benzene rings is 2. The van der Waals surface area contributed by atoms with Gasteiger partial charge in [0.05, 0.1) is 23.8 Å². The zero-order valence-corrected chi connectivity index (χ0v) is 17.5. The third-order valence-electron chi connectivity index (χ3n) is 5.57. The van der Waals surface area contributed by atoms with Crippen LogP contribution in [0.3, 0.4) is 0 Å². The predicted octanol–water partition coefficient (Wildman–Crippen LogP) is 4.61. The molecule has 8 heteroatoms. The first-order chi connectivity index (χ1) is 14.0. The lowest BCUT2D eigenvalue weighted by Crippen LogP contribution is -2.31. The van der Waals surface area contributed by atoms with E-state index in [0.29, 0.717) is 31.4 Å². The summed E-state index contributed by atoms with van der Waals surface area (Å²) < 4.78 is 21.7. The van der Waals surface area contributed by atoms with Gasteiger partial charge < -0.3 is 15.0 Å². The summed E-state index contributed by atoms with van der Waals surface area (Å²) in [5.74, 6) is -0.527. The molecule has 1 aromatic heterocycles. The van der Waals surface area contributed by atoms with E-state index < -0.39 is 5.82 Å². The monoisotopic (exact) mass is 461 g/mol. The second-order valence-electron chi connectivity index (χ2n) is 7.27. The van der Waals surface area contributed by atoms with Crippen LogP contribution >= 0.6 is 15.9 Å². The molecule has 0 saturated heterocycles. The number of nitrogens with zero attached hydrogens (tertiary/aromatic N) is 1. The van der Waals surface area contributed by atoms with Gasteiger partial charge in [-0.2, -0.15) is 0 Å². The lowest BCUT2D eigenvalue weighted by Gasteiger charge is -2.28. The number of amides is 1. The van der Waals surface area contributed by atoms with Crippen molar-refractivity contribution in [1.29, 1.82) is 0 Å². The maximum atomic E-state index is 14.1. The van der Waals surface area contributed by atoms with Crippen molar-refractivity contribution in [1.82, 2.24) is 9.55 Å². The van der Waals surface area contributed by atoms with Crippen LogP contribution in [0, 0.1) is 11.7 Å². The molecule has 3 aromatic rings. The summed E-state index contributed by atoms with van der Waals surface area (Å²) in [6, 6.07) is 10.1. The minimum Gasteiger partial charge on any atom is -0.497 e. The Kier molecular flexibility index (Phi) is 5.45. The molecule has 1 aliphatic rings. The van der Waals surface area contributed by atoms with Gasteiger partial charge >= 0.3 is 5.69 Å². The molecule has 1 aliphatic carbocycles. The van der Waals surface area contributed by atoms with Crippen LogP contribution in [0.4, 0.5) is 10.1 Å². The second-order valence-corrected chi connectivity index (χ2v) is 8.13. The summed E-state index contributed by atoms with van der Waals surface area (Å²) in [7, 11) is 1.46. The molecule has 0 radical (unpaired) electrons. The third kappa shape index (κ3) is 3.81. The van der Waals surface area contributed by atoms with E-state index in [1.165, 1.54) is 19.2 Å². The third-order valence-corrected chi connectivity index (χ3v) is 6.23. The van der Waals surface area contributed by atoms with Crippen molar-refractivity contribution in [3.63, 3.8) is 0 Å². The number of para-hydroxylation sites is 1. The Morgan fingerprint density at radius 1 is 1.24 bits per heavy atom. The number of aromatic nitrogens is 2. The molecule has 152 valence electrons. The van der Waals surface area contributed by atoms with Gasteiger partial charge in [0.1, 0.15) is 11.6 Å².